The molecule has 0 saturated heterocycles. The first kappa shape index (κ1) is 13.7. The summed E-state index contributed by atoms with van der Waals surface area (Å²) < 4.78 is 1.91. The van der Waals surface area contributed by atoms with Gasteiger partial charge in [-0.2, -0.15) is 5.10 Å². The van der Waals surface area contributed by atoms with Crippen LogP contribution >= 0.6 is 11.8 Å². The summed E-state index contributed by atoms with van der Waals surface area (Å²) in [6.07, 6.45) is 3.13. The summed E-state index contributed by atoms with van der Waals surface area (Å²) in [5.74, 6) is 1.83. The predicted molar refractivity (Wildman–Crippen MR) is 84.2 cm³/mol. The van der Waals surface area contributed by atoms with Crippen LogP contribution in [0.15, 0.2) is 35.4 Å². The van der Waals surface area contributed by atoms with E-state index in [1.165, 1.54) is 27.5 Å². The second kappa shape index (κ2) is 6.02. The highest BCUT2D eigenvalue weighted by molar-refractivity contribution is 7.99. The predicted octanol–water partition coefficient (Wildman–Crippen LogP) is 2.96. The molecule has 2 heterocycles. The smallest absolute Gasteiger partial charge is 0.0666 e. The first-order valence-electron chi connectivity index (χ1n) is 7.21. The van der Waals surface area contributed by atoms with Crippen LogP contribution in [0.3, 0.4) is 0 Å². The first-order chi connectivity index (χ1) is 9.78. The van der Waals surface area contributed by atoms with E-state index in [-0.39, 0.29) is 0 Å². The highest BCUT2D eigenvalue weighted by Crippen LogP contribution is 2.38. The van der Waals surface area contributed by atoms with Gasteiger partial charge in [-0.1, -0.05) is 25.1 Å². The van der Waals surface area contributed by atoms with Crippen LogP contribution in [0.25, 0.3) is 0 Å². The third-order valence-corrected chi connectivity index (χ3v) is 5.08. The van der Waals surface area contributed by atoms with Crippen molar-refractivity contribution in [3.05, 3.63) is 47.3 Å². The minimum Gasteiger partial charge on any atom is -0.312 e. The van der Waals surface area contributed by atoms with Gasteiger partial charge >= 0.3 is 0 Å². The van der Waals surface area contributed by atoms with Crippen molar-refractivity contribution in [2.45, 2.75) is 30.7 Å². The van der Waals surface area contributed by atoms with E-state index < -0.39 is 0 Å². The molecule has 4 heteroatoms. The number of aryl methyl sites for hydroxylation is 2. The van der Waals surface area contributed by atoms with E-state index in [2.05, 4.69) is 47.8 Å². The molecule has 1 N–H and O–H groups in total. The molecule has 0 amide bonds. The van der Waals surface area contributed by atoms with Gasteiger partial charge in [-0.25, -0.2) is 0 Å². The molecular formula is C16H21N3S. The summed E-state index contributed by atoms with van der Waals surface area (Å²) >= 11 is 1.98. The highest BCUT2D eigenvalue weighted by atomic mass is 32.2. The number of benzene rings is 1. The summed E-state index contributed by atoms with van der Waals surface area (Å²) in [4.78, 5) is 1.45. The van der Waals surface area contributed by atoms with Gasteiger partial charge in [0.15, 0.2) is 0 Å². The number of nitrogens with one attached hydrogen (secondary N) is 1. The Morgan fingerprint density at radius 3 is 3.10 bits per heavy atom. The molecule has 1 aliphatic rings. The average Bonchev–Trinajstić information content (AvgIpc) is 3.03. The topological polar surface area (TPSA) is 29.9 Å². The van der Waals surface area contributed by atoms with Crippen LogP contribution in [0, 0.1) is 0 Å². The van der Waals surface area contributed by atoms with Gasteiger partial charge in [-0.3, -0.25) is 4.68 Å². The molecule has 0 bridgehead atoms. The van der Waals surface area contributed by atoms with E-state index >= 15 is 0 Å². The van der Waals surface area contributed by atoms with E-state index in [4.69, 9.17) is 0 Å². The largest absolute Gasteiger partial charge is 0.312 e. The molecular weight excluding hydrogens is 266 g/mol. The SMILES string of the molecule is CCc1nn(C)cc1CNCC1CSc2ccccc21. The number of hydrogen-bond acceptors (Lipinski definition) is 3. The van der Waals surface area contributed by atoms with Crippen molar-refractivity contribution >= 4 is 11.8 Å². The zero-order valence-corrected chi connectivity index (χ0v) is 12.9. The molecule has 0 spiro atoms. The molecule has 3 nitrogen and oxygen atoms in total. The number of aromatic nitrogens is 2. The molecule has 106 valence electrons. The van der Waals surface area contributed by atoms with Crippen LogP contribution in [-0.2, 0) is 20.0 Å². The van der Waals surface area contributed by atoms with Crippen molar-refractivity contribution in [1.29, 1.82) is 0 Å². The molecule has 1 aromatic heterocycles. The minimum absolute atomic E-state index is 0.637. The monoisotopic (exact) mass is 287 g/mol. The molecule has 1 aliphatic heterocycles. The van der Waals surface area contributed by atoms with Gasteiger partial charge < -0.3 is 5.32 Å². The van der Waals surface area contributed by atoms with E-state index in [0.29, 0.717) is 5.92 Å². The van der Waals surface area contributed by atoms with Gasteiger partial charge in [-0.05, 0) is 18.1 Å². The van der Waals surface area contributed by atoms with E-state index in [0.717, 1.165) is 19.5 Å². The third-order valence-electron chi connectivity index (χ3n) is 3.83. The van der Waals surface area contributed by atoms with Gasteiger partial charge in [0.1, 0.15) is 0 Å². The van der Waals surface area contributed by atoms with Crippen LogP contribution in [-0.4, -0.2) is 22.1 Å². The molecule has 1 unspecified atom stereocenters. The standard InChI is InChI=1S/C16H21N3S/c1-3-15-12(10-19(2)18-15)8-17-9-13-11-20-16-7-5-4-6-14(13)16/h4-7,10,13,17H,3,8-9,11H2,1-2H3. The summed E-state index contributed by atoms with van der Waals surface area (Å²) in [6.45, 7) is 4.12. The maximum atomic E-state index is 4.49. The Kier molecular flexibility index (Phi) is 4.13. The van der Waals surface area contributed by atoms with Gasteiger partial charge in [0.05, 0.1) is 5.69 Å². The maximum Gasteiger partial charge on any atom is 0.0666 e. The molecule has 2 aromatic rings. The molecule has 3 rings (SSSR count). The lowest BCUT2D eigenvalue weighted by Crippen LogP contribution is -2.21. The lowest BCUT2D eigenvalue weighted by molar-refractivity contribution is 0.619. The second-order valence-corrected chi connectivity index (χ2v) is 6.37. The van der Waals surface area contributed by atoms with Crippen molar-refractivity contribution in [2.75, 3.05) is 12.3 Å². The van der Waals surface area contributed by atoms with Crippen LogP contribution in [0.1, 0.15) is 29.7 Å². The average molecular weight is 287 g/mol. The number of nitrogens with zero attached hydrogens (tertiary/aromatic N) is 2. The van der Waals surface area contributed by atoms with Crippen LogP contribution in [0.4, 0.5) is 0 Å². The summed E-state index contributed by atoms with van der Waals surface area (Å²) in [5.41, 5.74) is 4.04. The molecule has 1 aromatic carbocycles. The van der Waals surface area contributed by atoms with Crippen LogP contribution in [0.2, 0.25) is 0 Å². The van der Waals surface area contributed by atoms with Crippen molar-refractivity contribution in [2.24, 2.45) is 7.05 Å². The van der Waals surface area contributed by atoms with Crippen molar-refractivity contribution in [3.8, 4) is 0 Å². The second-order valence-electron chi connectivity index (χ2n) is 5.30. The first-order valence-corrected chi connectivity index (χ1v) is 8.20. The Hall–Kier alpha value is -1.26. The van der Waals surface area contributed by atoms with Gasteiger partial charge in [0.25, 0.3) is 0 Å². The Morgan fingerprint density at radius 2 is 2.25 bits per heavy atom. The summed E-state index contributed by atoms with van der Waals surface area (Å²) in [5, 5.41) is 8.09. The fourth-order valence-electron chi connectivity index (χ4n) is 2.81. The zero-order chi connectivity index (χ0) is 13.9. The molecule has 0 fully saturated rings. The van der Waals surface area contributed by atoms with Gasteiger partial charge in [-0.15, -0.1) is 11.8 Å². The summed E-state index contributed by atoms with van der Waals surface area (Å²) in [6, 6.07) is 8.78. The highest BCUT2D eigenvalue weighted by Gasteiger charge is 2.22. The van der Waals surface area contributed by atoms with Crippen molar-refractivity contribution < 1.29 is 0 Å². The zero-order valence-electron chi connectivity index (χ0n) is 12.1. The number of thioether (sulfide) groups is 1. The van der Waals surface area contributed by atoms with Gasteiger partial charge in [0.2, 0.25) is 0 Å². The van der Waals surface area contributed by atoms with E-state index in [9.17, 15) is 0 Å². The quantitative estimate of drug-likeness (QED) is 0.917. The Morgan fingerprint density at radius 1 is 1.40 bits per heavy atom. The van der Waals surface area contributed by atoms with Crippen molar-refractivity contribution in [1.82, 2.24) is 15.1 Å². The van der Waals surface area contributed by atoms with Crippen LogP contribution in [0.5, 0.6) is 0 Å². The molecule has 0 saturated carbocycles. The lowest BCUT2D eigenvalue weighted by Gasteiger charge is -2.11. The minimum atomic E-state index is 0.637. The third kappa shape index (κ3) is 2.76. The molecule has 0 radical (unpaired) electrons. The Labute approximate surface area is 124 Å². The Bertz CT molecular complexity index is 591. The number of rotatable bonds is 5. The fourth-order valence-corrected chi connectivity index (χ4v) is 4.06. The lowest BCUT2D eigenvalue weighted by atomic mass is 10.0. The maximum absolute atomic E-state index is 4.49. The van der Waals surface area contributed by atoms with Crippen LogP contribution < -0.4 is 5.32 Å². The van der Waals surface area contributed by atoms with Gasteiger partial charge in [0, 0.05) is 48.5 Å². The Balaban J connectivity index is 1.58. The fraction of sp³-hybridized carbons (Fsp3) is 0.438. The summed E-state index contributed by atoms with van der Waals surface area (Å²) in [7, 11) is 1.99. The van der Waals surface area contributed by atoms with E-state index in [1.54, 1.807) is 0 Å². The van der Waals surface area contributed by atoms with Crippen molar-refractivity contribution in [3.63, 3.8) is 0 Å². The molecule has 0 aliphatic carbocycles. The normalized spacial score (nSPS) is 17.4. The number of fused-ring (bicyclic) bond motifs is 1. The molecule has 1 atom stereocenters. The number of hydrogen-bond donors (Lipinski definition) is 1. The molecule has 20 heavy (non-hydrogen) atoms. The van der Waals surface area contributed by atoms with E-state index in [1.807, 2.05) is 23.5 Å².